The fourth-order valence-electron chi connectivity index (χ4n) is 1.35. The molecule has 1 N–H and O–H groups in total. The van der Waals surface area contributed by atoms with Crippen LogP contribution in [-0.4, -0.2) is 37.3 Å². The van der Waals surface area contributed by atoms with Gasteiger partial charge in [-0.1, -0.05) is 34.1 Å². The molecular formula is C12H17BrN2OS. The molecule has 0 spiro atoms. The van der Waals surface area contributed by atoms with Crippen molar-refractivity contribution < 1.29 is 4.74 Å². The minimum Gasteiger partial charge on any atom is -0.383 e. The van der Waals surface area contributed by atoms with Crippen LogP contribution >= 0.6 is 28.1 Å². The molecule has 0 amide bonds. The lowest BCUT2D eigenvalue weighted by atomic mass is 10.2. The molecule has 0 aliphatic heterocycles. The summed E-state index contributed by atoms with van der Waals surface area (Å²) in [5, 5.41) is 3.87. The minimum atomic E-state index is 0.656. The van der Waals surface area contributed by atoms with Gasteiger partial charge in [0.1, 0.15) is 0 Å². The molecule has 0 fully saturated rings. The molecule has 5 heteroatoms. The van der Waals surface area contributed by atoms with E-state index in [0.717, 1.165) is 22.7 Å². The maximum atomic E-state index is 5.28. The van der Waals surface area contributed by atoms with E-state index in [2.05, 4.69) is 27.3 Å². The molecule has 1 aromatic carbocycles. The number of nitrogens with one attached hydrogen (secondary N) is 1. The lowest BCUT2D eigenvalue weighted by molar-refractivity contribution is 0.203. The van der Waals surface area contributed by atoms with Crippen LogP contribution in [0, 0.1) is 0 Å². The highest BCUT2D eigenvalue weighted by Gasteiger charge is 2.06. The fourth-order valence-corrected chi connectivity index (χ4v) is 1.93. The largest absolute Gasteiger partial charge is 0.383 e. The van der Waals surface area contributed by atoms with E-state index < -0.39 is 0 Å². The van der Waals surface area contributed by atoms with Gasteiger partial charge in [0, 0.05) is 31.7 Å². The summed E-state index contributed by atoms with van der Waals surface area (Å²) >= 11 is 8.80. The molecule has 17 heavy (non-hydrogen) atoms. The molecule has 0 aliphatic rings. The van der Waals surface area contributed by atoms with Crippen LogP contribution in [0.25, 0.3) is 0 Å². The molecule has 0 atom stereocenters. The molecule has 0 aliphatic carbocycles. The monoisotopic (exact) mass is 316 g/mol. The highest BCUT2D eigenvalue weighted by atomic mass is 79.9. The average molecular weight is 317 g/mol. The Bertz CT molecular complexity index is 373. The topological polar surface area (TPSA) is 24.5 Å². The van der Waals surface area contributed by atoms with E-state index in [9.17, 15) is 0 Å². The summed E-state index contributed by atoms with van der Waals surface area (Å²) in [5.74, 6) is 0. The summed E-state index contributed by atoms with van der Waals surface area (Å²) in [5.41, 5.74) is 1.21. The van der Waals surface area contributed by atoms with Crippen LogP contribution in [-0.2, 0) is 11.3 Å². The Kier molecular flexibility index (Phi) is 6.47. The standard InChI is InChI=1S/C12H17BrN2OS/c1-15(12(17)14-7-8-16-2)9-10-5-3-4-6-11(10)13/h3-6H,7-9H2,1-2H3,(H,14,17). The number of thiocarbonyl (C=S) groups is 1. The summed E-state index contributed by atoms with van der Waals surface area (Å²) in [7, 11) is 3.65. The van der Waals surface area contributed by atoms with E-state index in [-0.39, 0.29) is 0 Å². The third-order valence-corrected chi connectivity index (χ3v) is 3.52. The average Bonchev–Trinajstić information content (AvgIpc) is 2.32. The van der Waals surface area contributed by atoms with Crippen LogP contribution in [0.1, 0.15) is 5.56 Å². The summed E-state index contributed by atoms with van der Waals surface area (Å²) in [6.45, 7) is 2.17. The van der Waals surface area contributed by atoms with Gasteiger partial charge in [-0.15, -0.1) is 0 Å². The van der Waals surface area contributed by atoms with E-state index in [0.29, 0.717) is 6.61 Å². The van der Waals surface area contributed by atoms with Crippen LogP contribution in [0.4, 0.5) is 0 Å². The molecule has 0 saturated heterocycles. The van der Waals surface area contributed by atoms with E-state index in [1.165, 1.54) is 5.56 Å². The highest BCUT2D eigenvalue weighted by molar-refractivity contribution is 9.10. The Hall–Kier alpha value is -0.650. The first-order chi connectivity index (χ1) is 8.15. The van der Waals surface area contributed by atoms with Gasteiger partial charge in [0.2, 0.25) is 0 Å². The summed E-state index contributed by atoms with van der Waals surface area (Å²) in [6.07, 6.45) is 0. The molecule has 3 nitrogen and oxygen atoms in total. The van der Waals surface area contributed by atoms with Gasteiger partial charge < -0.3 is 15.0 Å². The third kappa shape index (κ3) is 5.02. The van der Waals surface area contributed by atoms with E-state index in [1.54, 1.807) is 7.11 Å². The second kappa shape index (κ2) is 7.63. The lowest BCUT2D eigenvalue weighted by Crippen LogP contribution is -2.38. The molecule has 0 bridgehead atoms. The molecule has 0 heterocycles. The zero-order valence-electron chi connectivity index (χ0n) is 10.1. The first-order valence-electron chi connectivity index (χ1n) is 5.36. The molecule has 0 aromatic heterocycles. The number of ether oxygens (including phenoxy) is 1. The normalized spacial score (nSPS) is 10.1. The molecule has 0 saturated carbocycles. The number of hydrogen-bond donors (Lipinski definition) is 1. The van der Waals surface area contributed by atoms with E-state index >= 15 is 0 Å². The van der Waals surface area contributed by atoms with Crippen molar-refractivity contribution in [3.05, 3.63) is 34.3 Å². The van der Waals surface area contributed by atoms with Gasteiger partial charge in [-0.25, -0.2) is 0 Å². The number of hydrogen-bond acceptors (Lipinski definition) is 2. The van der Waals surface area contributed by atoms with Crippen molar-refractivity contribution in [1.82, 2.24) is 10.2 Å². The lowest BCUT2D eigenvalue weighted by Gasteiger charge is -2.21. The molecule has 1 rings (SSSR count). The van der Waals surface area contributed by atoms with Crippen molar-refractivity contribution in [2.45, 2.75) is 6.54 Å². The summed E-state index contributed by atoms with van der Waals surface area (Å²) < 4.78 is 6.06. The highest BCUT2D eigenvalue weighted by Crippen LogP contribution is 2.17. The molecule has 0 unspecified atom stereocenters. The van der Waals surface area contributed by atoms with Gasteiger partial charge >= 0.3 is 0 Å². The Morgan fingerprint density at radius 3 is 2.82 bits per heavy atom. The van der Waals surface area contributed by atoms with Crippen LogP contribution in [0.3, 0.4) is 0 Å². The molecule has 1 aromatic rings. The molecule has 94 valence electrons. The van der Waals surface area contributed by atoms with Crippen LogP contribution in [0.5, 0.6) is 0 Å². The Labute approximate surface area is 116 Å². The van der Waals surface area contributed by atoms with Crippen molar-refractivity contribution in [2.75, 3.05) is 27.3 Å². The number of halogens is 1. The van der Waals surface area contributed by atoms with Crippen LogP contribution in [0.2, 0.25) is 0 Å². The number of methoxy groups -OCH3 is 1. The van der Waals surface area contributed by atoms with Gasteiger partial charge in [-0.05, 0) is 23.8 Å². The zero-order chi connectivity index (χ0) is 12.7. The van der Waals surface area contributed by atoms with Crippen LogP contribution < -0.4 is 5.32 Å². The van der Waals surface area contributed by atoms with Crippen molar-refractivity contribution in [1.29, 1.82) is 0 Å². The van der Waals surface area contributed by atoms with Crippen molar-refractivity contribution in [3.8, 4) is 0 Å². The van der Waals surface area contributed by atoms with Crippen molar-refractivity contribution in [2.24, 2.45) is 0 Å². The maximum absolute atomic E-state index is 5.28. The van der Waals surface area contributed by atoms with E-state index in [1.807, 2.05) is 30.1 Å². The smallest absolute Gasteiger partial charge is 0.169 e. The number of nitrogens with zero attached hydrogens (tertiary/aromatic N) is 1. The Morgan fingerprint density at radius 1 is 1.47 bits per heavy atom. The van der Waals surface area contributed by atoms with E-state index in [4.69, 9.17) is 17.0 Å². The van der Waals surface area contributed by atoms with Gasteiger partial charge in [0.05, 0.1) is 6.61 Å². The predicted octanol–water partition coefficient (Wildman–Crippen LogP) is 2.40. The van der Waals surface area contributed by atoms with Crippen molar-refractivity contribution >= 4 is 33.3 Å². The van der Waals surface area contributed by atoms with Crippen LogP contribution in [0.15, 0.2) is 28.7 Å². The minimum absolute atomic E-state index is 0.656. The maximum Gasteiger partial charge on any atom is 0.169 e. The second-order valence-electron chi connectivity index (χ2n) is 3.67. The van der Waals surface area contributed by atoms with Gasteiger partial charge in [0.25, 0.3) is 0 Å². The number of benzene rings is 1. The predicted molar refractivity (Wildman–Crippen MR) is 78.1 cm³/mol. The Morgan fingerprint density at radius 2 is 2.18 bits per heavy atom. The quantitative estimate of drug-likeness (QED) is 0.666. The Balaban J connectivity index is 2.46. The fraction of sp³-hybridized carbons (Fsp3) is 0.417. The van der Waals surface area contributed by atoms with Gasteiger partial charge in [-0.2, -0.15) is 0 Å². The third-order valence-electron chi connectivity index (χ3n) is 2.29. The SMILES string of the molecule is COCCNC(=S)N(C)Cc1ccccc1Br. The second-order valence-corrected chi connectivity index (χ2v) is 4.91. The molecule has 0 radical (unpaired) electrons. The van der Waals surface area contributed by atoms with Crippen molar-refractivity contribution in [3.63, 3.8) is 0 Å². The molecular weight excluding hydrogens is 300 g/mol. The zero-order valence-corrected chi connectivity index (χ0v) is 12.5. The number of rotatable bonds is 5. The first-order valence-corrected chi connectivity index (χ1v) is 6.56. The van der Waals surface area contributed by atoms with Gasteiger partial charge in [-0.3, -0.25) is 0 Å². The first kappa shape index (κ1) is 14.4. The summed E-state index contributed by atoms with van der Waals surface area (Å²) in [6, 6.07) is 8.14. The summed E-state index contributed by atoms with van der Waals surface area (Å²) in [4.78, 5) is 2.01. The van der Waals surface area contributed by atoms with Gasteiger partial charge in [0.15, 0.2) is 5.11 Å².